The van der Waals surface area contributed by atoms with Crippen LogP contribution in [0.5, 0.6) is 11.5 Å². The molecule has 0 bridgehead atoms. The van der Waals surface area contributed by atoms with Gasteiger partial charge in [-0.2, -0.15) is 0 Å². The van der Waals surface area contributed by atoms with E-state index in [2.05, 4.69) is 15.9 Å². The average molecular weight is 419 g/mol. The molecule has 0 aliphatic carbocycles. The number of methoxy groups -OCH3 is 2. The summed E-state index contributed by atoms with van der Waals surface area (Å²) < 4.78 is 21.8. The molecule has 0 saturated carbocycles. The molecule has 3 aromatic rings. The zero-order valence-electron chi connectivity index (χ0n) is 14.1. The number of carbonyl (C=O) groups is 1. The van der Waals surface area contributed by atoms with Gasteiger partial charge in [0.1, 0.15) is 17.8 Å². The van der Waals surface area contributed by atoms with Crippen molar-refractivity contribution < 1.29 is 23.4 Å². The molecule has 26 heavy (non-hydrogen) atoms. The van der Waals surface area contributed by atoms with Crippen LogP contribution in [0, 0.1) is 0 Å². The zero-order chi connectivity index (χ0) is 18.7. The molecular weight excluding hydrogens is 404 g/mol. The highest BCUT2D eigenvalue weighted by atomic mass is 79.9. The van der Waals surface area contributed by atoms with E-state index < -0.39 is 11.6 Å². The molecule has 0 radical (unpaired) electrons. The minimum Gasteiger partial charge on any atom is -0.493 e. The normalized spacial score (nSPS) is 10.6. The predicted molar refractivity (Wildman–Crippen MR) is 98.8 cm³/mol. The first kappa shape index (κ1) is 18.0. The SMILES string of the molecule is COc1cccc(C(=O)OCc2cc(=O)oc3cc(Br)ccc23)c1OC. The molecule has 0 saturated heterocycles. The van der Waals surface area contributed by atoms with Gasteiger partial charge < -0.3 is 18.6 Å². The van der Waals surface area contributed by atoms with E-state index in [1.54, 1.807) is 30.3 Å². The van der Waals surface area contributed by atoms with E-state index in [-0.39, 0.29) is 12.2 Å². The third kappa shape index (κ3) is 3.57. The van der Waals surface area contributed by atoms with E-state index in [4.69, 9.17) is 18.6 Å². The minimum atomic E-state index is -0.584. The fraction of sp³-hybridized carbons (Fsp3) is 0.158. The maximum atomic E-state index is 12.5. The van der Waals surface area contributed by atoms with Crippen LogP contribution in [0.1, 0.15) is 15.9 Å². The lowest BCUT2D eigenvalue weighted by atomic mass is 10.1. The van der Waals surface area contributed by atoms with Gasteiger partial charge in [0.05, 0.1) is 14.2 Å². The summed E-state index contributed by atoms with van der Waals surface area (Å²) in [5, 5.41) is 0.693. The fourth-order valence-corrected chi connectivity index (χ4v) is 2.93. The molecule has 1 heterocycles. The predicted octanol–water partition coefficient (Wildman–Crippen LogP) is 3.93. The van der Waals surface area contributed by atoms with E-state index in [9.17, 15) is 9.59 Å². The number of halogens is 1. The molecule has 1 aromatic heterocycles. The Morgan fingerprint density at radius 1 is 1.12 bits per heavy atom. The van der Waals surface area contributed by atoms with Crippen LogP contribution >= 0.6 is 15.9 Å². The maximum absolute atomic E-state index is 12.5. The maximum Gasteiger partial charge on any atom is 0.342 e. The van der Waals surface area contributed by atoms with Crippen molar-refractivity contribution in [2.24, 2.45) is 0 Å². The molecule has 0 amide bonds. The highest BCUT2D eigenvalue weighted by Crippen LogP contribution is 2.31. The van der Waals surface area contributed by atoms with E-state index in [1.807, 2.05) is 6.07 Å². The Labute approximate surface area is 157 Å². The summed E-state index contributed by atoms with van der Waals surface area (Å²) in [7, 11) is 2.93. The molecule has 6 nitrogen and oxygen atoms in total. The average Bonchev–Trinajstić information content (AvgIpc) is 2.64. The lowest BCUT2D eigenvalue weighted by molar-refractivity contribution is 0.0469. The monoisotopic (exact) mass is 418 g/mol. The lowest BCUT2D eigenvalue weighted by Gasteiger charge is -2.12. The van der Waals surface area contributed by atoms with Gasteiger partial charge in [0.2, 0.25) is 0 Å². The number of para-hydroxylation sites is 1. The van der Waals surface area contributed by atoms with Gasteiger partial charge in [-0.05, 0) is 30.3 Å². The molecule has 134 valence electrons. The van der Waals surface area contributed by atoms with Crippen molar-refractivity contribution in [3.63, 3.8) is 0 Å². The Bertz CT molecular complexity index is 1020. The minimum absolute atomic E-state index is 0.0804. The van der Waals surface area contributed by atoms with E-state index in [0.29, 0.717) is 28.0 Å². The molecule has 0 atom stereocenters. The molecule has 0 fully saturated rings. The van der Waals surface area contributed by atoms with Crippen LogP contribution in [0.25, 0.3) is 11.0 Å². The van der Waals surface area contributed by atoms with Crippen LogP contribution in [0.15, 0.2) is 56.1 Å². The summed E-state index contributed by atoms with van der Waals surface area (Å²) in [6.07, 6.45) is 0. The first-order chi connectivity index (χ1) is 12.5. The van der Waals surface area contributed by atoms with Crippen LogP contribution < -0.4 is 15.1 Å². The molecular formula is C19H15BrO6. The third-order valence-electron chi connectivity index (χ3n) is 3.77. The summed E-state index contributed by atoms with van der Waals surface area (Å²) in [6, 6.07) is 11.5. The molecule has 0 aliphatic rings. The summed E-state index contributed by atoms with van der Waals surface area (Å²) in [5.74, 6) is 0.137. The Kier molecular flexibility index (Phi) is 5.27. The second kappa shape index (κ2) is 7.61. The number of benzene rings is 2. The summed E-state index contributed by atoms with van der Waals surface area (Å²) in [4.78, 5) is 24.2. The quantitative estimate of drug-likeness (QED) is 0.461. The Balaban J connectivity index is 1.89. The van der Waals surface area contributed by atoms with Crippen LogP contribution in [0.2, 0.25) is 0 Å². The number of ether oxygens (including phenoxy) is 3. The van der Waals surface area contributed by atoms with Crippen molar-refractivity contribution in [1.29, 1.82) is 0 Å². The van der Waals surface area contributed by atoms with Crippen molar-refractivity contribution >= 4 is 32.9 Å². The van der Waals surface area contributed by atoms with Gasteiger partial charge in [-0.3, -0.25) is 0 Å². The van der Waals surface area contributed by atoms with Gasteiger partial charge >= 0.3 is 11.6 Å². The Hall–Kier alpha value is -2.80. The highest BCUT2D eigenvalue weighted by Gasteiger charge is 2.18. The number of fused-ring (bicyclic) bond motifs is 1. The number of esters is 1. The van der Waals surface area contributed by atoms with Gasteiger partial charge in [-0.15, -0.1) is 0 Å². The first-order valence-electron chi connectivity index (χ1n) is 7.64. The van der Waals surface area contributed by atoms with Gasteiger partial charge in [0.25, 0.3) is 0 Å². The molecule has 7 heteroatoms. The molecule has 0 aliphatic heterocycles. The van der Waals surface area contributed by atoms with E-state index in [0.717, 1.165) is 4.47 Å². The van der Waals surface area contributed by atoms with Crippen molar-refractivity contribution in [2.75, 3.05) is 14.2 Å². The third-order valence-corrected chi connectivity index (χ3v) is 4.27. The van der Waals surface area contributed by atoms with E-state index >= 15 is 0 Å². The summed E-state index contributed by atoms with van der Waals surface area (Å²) >= 11 is 3.33. The number of rotatable bonds is 5. The van der Waals surface area contributed by atoms with Crippen LogP contribution in [-0.2, 0) is 11.3 Å². The molecule has 0 spiro atoms. The second-order valence-electron chi connectivity index (χ2n) is 5.35. The lowest BCUT2D eigenvalue weighted by Crippen LogP contribution is -2.09. The summed E-state index contributed by atoms with van der Waals surface area (Å²) in [5.41, 5.74) is 0.693. The molecule has 0 N–H and O–H groups in total. The highest BCUT2D eigenvalue weighted by molar-refractivity contribution is 9.10. The van der Waals surface area contributed by atoms with Gasteiger partial charge in [-0.25, -0.2) is 9.59 Å². The van der Waals surface area contributed by atoms with Crippen molar-refractivity contribution in [1.82, 2.24) is 0 Å². The Morgan fingerprint density at radius 3 is 2.65 bits per heavy atom. The molecule has 3 rings (SSSR count). The standard InChI is InChI=1S/C19H15BrO6/c1-23-15-5-3-4-14(18(15)24-2)19(22)25-10-11-8-17(21)26-16-9-12(20)6-7-13(11)16/h3-9H,10H2,1-2H3. The van der Waals surface area contributed by atoms with Crippen molar-refractivity contribution in [3.05, 3.63) is 68.5 Å². The smallest absolute Gasteiger partial charge is 0.342 e. The van der Waals surface area contributed by atoms with Crippen LogP contribution in [0.4, 0.5) is 0 Å². The fourth-order valence-electron chi connectivity index (χ4n) is 2.59. The molecule has 0 unspecified atom stereocenters. The Morgan fingerprint density at radius 2 is 1.92 bits per heavy atom. The van der Waals surface area contributed by atoms with Crippen LogP contribution in [-0.4, -0.2) is 20.2 Å². The van der Waals surface area contributed by atoms with Gasteiger partial charge in [0.15, 0.2) is 11.5 Å². The zero-order valence-corrected chi connectivity index (χ0v) is 15.7. The largest absolute Gasteiger partial charge is 0.493 e. The van der Waals surface area contributed by atoms with Gasteiger partial charge in [-0.1, -0.05) is 22.0 Å². The number of hydrogen-bond donors (Lipinski definition) is 0. The van der Waals surface area contributed by atoms with Crippen molar-refractivity contribution in [2.45, 2.75) is 6.61 Å². The topological polar surface area (TPSA) is 75.0 Å². The second-order valence-corrected chi connectivity index (χ2v) is 6.26. The number of carbonyl (C=O) groups excluding carboxylic acids is 1. The molecule has 2 aromatic carbocycles. The first-order valence-corrected chi connectivity index (χ1v) is 8.43. The van der Waals surface area contributed by atoms with E-state index in [1.165, 1.54) is 20.3 Å². The van der Waals surface area contributed by atoms with Crippen molar-refractivity contribution in [3.8, 4) is 11.5 Å². The van der Waals surface area contributed by atoms with Crippen LogP contribution in [0.3, 0.4) is 0 Å². The van der Waals surface area contributed by atoms with Gasteiger partial charge in [0, 0.05) is 21.5 Å². The number of hydrogen-bond acceptors (Lipinski definition) is 6. The summed E-state index contributed by atoms with van der Waals surface area (Å²) in [6.45, 7) is -0.0804.